The lowest BCUT2D eigenvalue weighted by atomic mass is 10.1. The van der Waals surface area contributed by atoms with E-state index in [1.165, 1.54) is 26.1 Å². The van der Waals surface area contributed by atoms with Gasteiger partial charge in [-0.25, -0.2) is 14.4 Å². The van der Waals surface area contributed by atoms with E-state index in [-0.39, 0.29) is 26.2 Å². The number of carbonyl (C=O) groups excluding carboxylic acids is 5. The topological polar surface area (TPSA) is 120 Å². The maximum Gasteiger partial charge on any atom is 0.397 e. The van der Waals surface area contributed by atoms with Crippen molar-refractivity contribution in [2.24, 2.45) is 0 Å². The smallest absolute Gasteiger partial charge is 0.397 e. The van der Waals surface area contributed by atoms with Gasteiger partial charge in [-0.1, -0.05) is 0 Å². The summed E-state index contributed by atoms with van der Waals surface area (Å²) in [7, 11) is 3.97. The summed E-state index contributed by atoms with van der Waals surface area (Å²) in [4.78, 5) is 60.8. The average molecular weight is 388 g/mol. The first-order valence-corrected chi connectivity index (χ1v) is 8.65. The first kappa shape index (κ1) is 24.4. The van der Waals surface area contributed by atoms with Crippen molar-refractivity contribution in [1.82, 2.24) is 9.80 Å². The van der Waals surface area contributed by atoms with Gasteiger partial charge < -0.3 is 24.0 Å². The number of esters is 3. The molecule has 2 amide bonds. The second-order valence-electron chi connectivity index (χ2n) is 5.62. The molecule has 27 heavy (non-hydrogen) atoms. The van der Waals surface area contributed by atoms with Crippen LogP contribution in [0, 0.1) is 0 Å². The second kappa shape index (κ2) is 12.7. The minimum atomic E-state index is -1.05. The van der Waals surface area contributed by atoms with Crippen LogP contribution in [0.3, 0.4) is 0 Å². The van der Waals surface area contributed by atoms with Crippen molar-refractivity contribution in [2.75, 3.05) is 41.0 Å². The lowest BCUT2D eigenvalue weighted by molar-refractivity contribution is -0.163. The Labute approximate surface area is 158 Å². The van der Waals surface area contributed by atoms with Crippen molar-refractivity contribution in [3.8, 4) is 0 Å². The van der Waals surface area contributed by atoms with Crippen LogP contribution in [-0.2, 0) is 38.2 Å². The van der Waals surface area contributed by atoms with E-state index in [0.717, 1.165) is 4.90 Å². The Morgan fingerprint density at radius 1 is 0.852 bits per heavy atom. The van der Waals surface area contributed by atoms with E-state index >= 15 is 0 Å². The summed E-state index contributed by atoms with van der Waals surface area (Å²) in [6, 6.07) is -0.960. The van der Waals surface area contributed by atoms with E-state index in [4.69, 9.17) is 0 Å². The molecule has 10 nitrogen and oxygen atoms in total. The molecule has 0 saturated heterocycles. The number of unbranched alkanes of at least 4 members (excludes halogenated alkanes) is 1. The molecule has 0 aromatic carbocycles. The molecule has 0 saturated carbocycles. The van der Waals surface area contributed by atoms with Crippen LogP contribution in [0.4, 0.5) is 0 Å². The molecule has 0 bridgehead atoms. The van der Waals surface area contributed by atoms with Gasteiger partial charge in [-0.2, -0.15) is 0 Å². The monoisotopic (exact) mass is 388 g/mol. The third kappa shape index (κ3) is 8.06. The quantitative estimate of drug-likeness (QED) is 0.229. The number of ether oxygens (including phenoxy) is 3. The Hall–Kier alpha value is -2.65. The molecule has 0 aliphatic rings. The van der Waals surface area contributed by atoms with Crippen LogP contribution >= 0.6 is 0 Å². The van der Waals surface area contributed by atoms with Crippen molar-refractivity contribution in [2.45, 2.75) is 39.2 Å². The normalized spacial score (nSPS) is 11.1. The van der Waals surface area contributed by atoms with Crippen molar-refractivity contribution >= 4 is 29.7 Å². The number of nitrogens with zero attached hydrogens (tertiary/aromatic N) is 2. The molecule has 0 radical (unpaired) electrons. The van der Waals surface area contributed by atoms with Gasteiger partial charge in [-0.15, -0.1) is 0 Å². The van der Waals surface area contributed by atoms with Gasteiger partial charge in [-0.05, 0) is 33.1 Å². The van der Waals surface area contributed by atoms with E-state index in [1.807, 2.05) is 0 Å². The lowest BCUT2D eigenvalue weighted by Crippen LogP contribution is -2.46. The zero-order valence-corrected chi connectivity index (χ0v) is 16.5. The number of hydrogen-bond donors (Lipinski definition) is 0. The first-order valence-electron chi connectivity index (χ1n) is 8.65. The molecule has 0 heterocycles. The minimum Gasteiger partial charge on any atom is -0.467 e. The van der Waals surface area contributed by atoms with E-state index in [1.54, 1.807) is 13.8 Å². The van der Waals surface area contributed by atoms with Gasteiger partial charge in [0.1, 0.15) is 6.04 Å². The fourth-order valence-corrected chi connectivity index (χ4v) is 2.22. The molecule has 0 aromatic heterocycles. The van der Waals surface area contributed by atoms with Gasteiger partial charge in [0.05, 0.1) is 20.3 Å². The molecular formula is C17H28N2O8. The highest BCUT2D eigenvalue weighted by atomic mass is 16.5. The Balaban J connectivity index is 4.66. The number of amides is 2. The van der Waals surface area contributed by atoms with Crippen LogP contribution < -0.4 is 0 Å². The van der Waals surface area contributed by atoms with Gasteiger partial charge in [0, 0.05) is 20.6 Å². The molecule has 0 N–H and O–H groups in total. The first-order chi connectivity index (χ1) is 12.7. The Bertz CT molecular complexity index is 549. The molecule has 10 heteroatoms. The summed E-state index contributed by atoms with van der Waals surface area (Å²) in [5.74, 6) is -4.33. The van der Waals surface area contributed by atoms with E-state index < -0.39 is 35.8 Å². The minimum absolute atomic E-state index is 0.0438. The fraction of sp³-hybridized carbons (Fsp3) is 0.706. The third-order valence-electron chi connectivity index (χ3n) is 3.73. The number of hydrogen-bond acceptors (Lipinski definition) is 8. The van der Waals surface area contributed by atoms with Crippen molar-refractivity contribution < 1.29 is 38.2 Å². The summed E-state index contributed by atoms with van der Waals surface area (Å²) in [5, 5.41) is 0. The van der Waals surface area contributed by atoms with E-state index in [2.05, 4.69) is 14.2 Å². The van der Waals surface area contributed by atoms with Crippen molar-refractivity contribution in [1.29, 1.82) is 0 Å². The van der Waals surface area contributed by atoms with Gasteiger partial charge in [0.25, 0.3) is 0 Å². The van der Waals surface area contributed by atoms with Crippen LogP contribution in [0.2, 0.25) is 0 Å². The SMILES string of the molecule is CCOC(=O)C(=O)N(C)CCCCC(C(=O)OC)N(C)C(=O)C(=O)OCC. The predicted molar refractivity (Wildman–Crippen MR) is 93.3 cm³/mol. The Morgan fingerprint density at radius 3 is 1.85 bits per heavy atom. The molecule has 0 aliphatic carbocycles. The summed E-state index contributed by atoms with van der Waals surface area (Å²) in [6.07, 6.45) is 1.13. The highest BCUT2D eigenvalue weighted by Gasteiger charge is 2.31. The molecular weight excluding hydrogens is 360 g/mol. The van der Waals surface area contributed by atoms with Crippen LogP contribution in [0.5, 0.6) is 0 Å². The number of carbonyl (C=O) groups is 5. The highest BCUT2D eigenvalue weighted by molar-refractivity contribution is 6.33. The summed E-state index contributed by atoms with van der Waals surface area (Å²) in [6.45, 7) is 3.59. The molecule has 1 unspecified atom stereocenters. The summed E-state index contributed by atoms with van der Waals surface area (Å²) < 4.78 is 14.0. The standard InChI is InChI=1S/C17H28N2O8/c1-6-26-16(23)13(20)18(3)11-9-8-10-12(15(22)25-5)19(4)14(21)17(24)27-7-2/h12H,6-11H2,1-5H3. The second-order valence-corrected chi connectivity index (χ2v) is 5.62. The zero-order chi connectivity index (χ0) is 21.0. The Kier molecular flexibility index (Phi) is 11.4. The van der Waals surface area contributed by atoms with Gasteiger partial charge in [0.2, 0.25) is 0 Å². The van der Waals surface area contributed by atoms with E-state index in [0.29, 0.717) is 12.8 Å². The average Bonchev–Trinajstić information content (AvgIpc) is 2.65. The van der Waals surface area contributed by atoms with E-state index in [9.17, 15) is 24.0 Å². The molecule has 0 rings (SSSR count). The number of likely N-dealkylation sites (N-methyl/N-ethyl adjacent to an activating group) is 2. The van der Waals surface area contributed by atoms with Crippen molar-refractivity contribution in [3.63, 3.8) is 0 Å². The number of rotatable bonds is 9. The van der Waals surface area contributed by atoms with Gasteiger partial charge in [0.15, 0.2) is 0 Å². The molecule has 154 valence electrons. The predicted octanol–water partition coefficient (Wildman–Crippen LogP) is -0.259. The number of methoxy groups -OCH3 is 1. The lowest BCUT2D eigenvalue weighted by Gasteiger charge is -2.25. The molecule has 0 fully saturated rings. The Morgan fingerprint density at radius 2 is 1.37 bits per heavy atom. The zero-order valence-electron chi connectivity index (χ0n) is 16.5. The molecule has 0 spiro atoms. The maximum atomic E-state index is 12.0. The summed E-state index contributed by atoms with van der Waals surface area (Å²) >= 11 is 0. The highest BCUT2D eigenvalue weighted by Crippen LogP contribution is 2.11. The molecule has 0 aromatic rings. The fourth-order valence-electron chi connectivity index (χ4n) is 2.22. The third-order valence-corrected chi connectivity index (χ3v) is 3.73. The van der Waals surface area contributed by atoms with Crippen molar-refractivity contribution in [3.05, 3.63) is 0 Å². The van der Waals surface area contributed by atoms with Crippen LogP contribution in [-0.4, -0.2) is 86.5 Å². The summed E-state index contributed by atoms with van der Waals surface area (Å²) in [5.41, 5.74) is 0. The van der Waals surface area contributed by atoms with Crippen LogP contribution in [0.1, 0.15) is 33.1 Å². The largest absolute Gasteiger partial charge is 0.467 e. The molecule has 1 atom stereocenters. The van der Waals surface area contributed by atoms with Crippen LogP contribution in [0.25, 0.3) is 0 Å². The van der Waals surface area contributed by atoms with Crippen LogP contribution in [0.15, 0.2) is 0 Å². The molecule has 0 aliphatic heterocycles. The van der Waals surface area contributed by atoms with Gasteiger partial charge in [-0.3, -0.25) is 9.59 Å². The maximum absolute atomic E-state index is 12.0. The van der Waals surface area contributed by atoms with Gasteiger partial charge >= 0.3 is 29.7 Å².